The highest BCUT2D eigenvalue weighted by molar-refractivity contribution is 7.80. The fourth-order valence-corrected chi connectivity index (χ4v) is 4.98. The summed E-state index contributed by atoms with van der Waals surface area (Å²) in [6.45, 7) is 4.43. The van der Waals surface area contributed by atoms with Crippen LogP contribution in [0.5, 0.6) is 5.75 Å². The summed E-state index contributed by atoms with van der Waals surface area (Å²) in [6, 6.07) is 7.26. The Labute approximate surface area is 191 Å². The van der Waals surface area contributed by atoms with E-state index in [-0.39, 0.29) is 11.7 Å². The van der Waals surface area contributed by atoms with Crippen LogP contribution >= 0.6 is 23.6 Å². The second-order valence-corrected chi connectivity index (χ2v) is 8.75. The third-order valence-electron chi connectivity index (χ3n) is 5.15. The zero-order chi connectivity index (χ0) is 22.7. The fraction of sp³-hybridized carbons (Fsp3) is 0.381. The SMILES string of the molecule is COC(=O)c1c(NC(=S)N2CCN(c3ccccc3O)CC2)sc(C(=O)N(C)C)c1C. The number of carbonyl (C=O) groups excluding carboxylic acids is 2. The number of nitrogens with one attached hydrogen (secondary N) is 1. The number of nitrogens with zero attached hydrogens (tertiary/aromatic N) is 3. The van der Waals surface area contributed by atoms with Crippen LogP contribution in [0.3, 0.4) is 0 Å². The van der Waals surface area contributed by atoms with Gasteiger partial charge in [0.05, 0.1) is 23.2 Å². The van der Waals surface area contributed by atoms with Gasteiger partial charge in [-0.1, -0.05) is 12.1 Å². The van der Waals surface area contributed by atoms with Gasteiger partial charge in [0.2, 0.25) is 0 Å². The molecule has 8 nitrogen and oxygen atoms in total. The van der Waals surface area contributed by atoms with Crippen LogP contribution in [0, 0.1) is 6.92 Å². The molecule has 1 saturated heterocycles. The molecule has 2 aromatic rings. The maximum Gasteiger partial charge on any atom is 0.341 e. The molecule has 1 amide bonds. The third-order valence-corrected chi connectivity index (χ3v) is 6.70. The average molecular weight is 463 g/mol. The molecule has 0 spiro atoms. The minimum Gasteiger partial charge on any atom is -0.506 e. The Hall–Kier alpha value is -2.85. The average Bonchev–Trinajstić information content (AvgIpc) is 3.08. The summed E-state index contributed by atoms with van der Waals surface area (Å²) in [5.74, 6) is -0.435. The minimum absolute atomic E-state index is 0.178. The van der Waals surface area contributed by atoms with Crippen LogP contribution in [-0.4, -0.2) is 79.3 Å². The minimum atomic E-state index is -0.513. The number of rotatable bonds is 4. The lowest BCUT2D eigenvalue weighted by molar-refractivity contribution is 0.0601. The van der Waals surface area contributed by atoms with Crippen LogP contribution in [0.15, 0.2) is 24.3 Å². The number of anilines is 2. The number of methoxy groups -OCH3 is 1. The largest absolute Gasteiger partial charge is 0.506 e. The Morgan fingerprint density at radius 1 is 1.19 bits per heavy atom. The number of phenolic OH excluding ortho intramolecular Hbond substituents is 1. The van der Waals surface area contributed by atoms with E-state index < -0.39 is 5.97 Å². The predicted molar refractivity (Wildman–Crippen MR) is 127 cm³/mol. The normalized spacial score (nSPS) is 13.7. The van der Waals surface area contributed by atoms with Crippen LogP contribution < -0.4 is 10.2 Å². The van der Waals surface area contributed by atoms with Crippen molar-refractivity contribution in [2.75, 3.05) is 57.6 Å². The van der Waals surface area contributed by atoms with Gasteiger partial charge in [0.25, 0.3) is 5.91 Å². The van der Waals surface area contributed by atoms with E-state index in [1.165, 1.54) is 23.3 Å². The quantitative estimate of drug-likeness (QED) is 0.530. The van der Waals surface area contributed by atoms with Gasteiger partial charge in [-0.3, -0.25) is 4.79 Å². The number of thiophene rings is 1. The molecule has 0 bridgehead atoms. The number of benzene rings is 1. The van der Waals surface area contributed by atoms with Gasteiger partial charge in [-0.2, -0.15) is 0 Å². The standard InChI is InChI=1S/C21H26N4O4S2/c1-13-16(20(28)29-4)18(31-17(13)19(27)23(2)3)22-21(30)25-11-9-24(10-12-25)14-7-5-6-8-15(14)26/h5-8,26H,9-12H2,1-4H3,(H,22,30). The molecule has 0 unspecified atom stereocenters. The molecule has 2 heterocycles. The molecule has 31 heavy (non-hydrogen) atoms. The van der Waals surface area contributed by atoms with Crippen molar-refractivity contribution in [1.82, 2.24) is 9.80 Å². The van der Waals surface area contributed by atoms with Gasteiger partial charge >= 0.3 is 5.97 Å². The molecule has 2 N–H and O–H groups in total. The van der Waals surface area contributed by atoms with Crippen molar-refractivity contribution in [2.24, 2.45) is 0 Å². The summed E-state index contributed by atoms with van der Waals surface area (Å²) < 4.78 is 4.93. The molecular weight excluding hydrogens is 436 g/mol. The first kappa shape index (κ1) is 22.8. The van der Waals surface area contributed by atoms with E-state index >= 15 is 0 Å². The number of piperazine rings is 1. The number of esters is 1. The summed E-state index contributed by atoms with van der Waals surface area (Å²) in [4.78, 5) is 31.0. The van der Waals surface area contributed by atoms with E-state index in [0.29, 0.717) is 52.3 Å². The van der Waals surface area contributed by atoms with Crippen molar-refractivity contribution in [3.8, 4) is 5.75 Å². The molecule has 166 valence electrons. The number of hydrogen-bond acceptors (Lipinski definition) is 7. The Morgan fingerprint density at radius 2 is 1.84 bits per heavy atom. The number of ether oxygens (including phenoxy) is 1. The van der Waals surface area contributed by atoms with Crippen LogP contribution in [-0.2, 0) is 4.74 Å². The van der Waals surface area contributed by atoms with Crippen molar-refractivity contribution in [1.29, 1.82) is 0 Å². The highest BCUT2D eigenvalue weighted by atomic mass is 32.1. The van der Waals surface area contributed by atoms with Gasteiger partial charge in [-0.15, -0.1) is 11.3 Å². The van der Waals surface area contributed by atoms with Gasteiger partial charge in [0, 0.05) is 40.3 Å². The molecular formula is C21H26N4O4S2. The summed E-state index contributed by atoms with van der Waals surface area (Å²) >= 11 is 6.79. The van der Waals surface area contributed by atoms with Gasteiger partial charge in [0.15, 0.2) is 5.11 Å². The number of para-hydroxylation sites is 2. The molecule has 3 rings (SSSR count). The third kappa shape index (κ3) is 4.75. The monoisotopic (exact) mass is 462 g/mol. The van der Waals surface area contributed by atoms with Gasteiger partial charge in [0.1, 0.15) is 10.8 Å². The van der Waals surface area contributed by atoms with Crippen molar-refractivity contribution in [3.05, 3.63) is 40.3 Å². The molecule has 1 aromatic heterocycles. The Morgan fingerprint density at radius 3 is 2.42 bits per heavy atom. The van der Waals surface area contributed by atoms with E-state index in [0.717, 1.165) is 5.69 Å². The van der Waals surface area contributed by atoms with Crippen LogP contribution in [0.2, 0.25) is 0 Å². The van der Waals surface area contributed by atoms with Crippen molar-refractivity contribution < 1.29 is 19.4 Å². The van der Waals surface area contributed by atoms with E-state index in [1.807, 2.05) is 17.0 Å². The highest BCUT2D eigenvalue weighted by Gasteiger charge is 2.28. The van der Waals surface area contributed by atoms with Crippen LogP contribution in [0.4, 0.5) is 10.7 Å². The lowest BCUT2D eigenvalue weighted by Crippen LogP contribution is -2.50. The first-order valence-corrected chi connectivity index (χ1v) is 11.0. The first-order chi connectivity index (χ1) is 14.7. The van der Waals surface area contributed by atoms with Gasteiger partial charge in [-0.25, -0.2) is 4.79 Å². The molecule has 1 aliphatic rings. The number of aromatic hydroxyl groups is 1. The molecule has 0 atom stereocenters. The van der Waals surface area contributed by atoms with Crippen molar-refractivity contribution >= 4 is 51.2 Å². The van der Waals surface area contributed by atoms with Gasteiger partial charge in [-0.05, 0) is 36.8 Å². The topological polar surface area (TPSA) is 85.4 Å². The zero-order valence-electron chi connectivity index (χ0n) is 18.0. The van der Waals surface area contributed by atoms with E-state index in [9.17, 15) is 14.7 Å². The highest BCUT2D eigenvalue weighted by Crippen LogP contribution is 2.35. The van der Waals surface area contributed by atoms with Gasteiger partial charge < -0.3 is 29.9 Å². The number of amides is 1. The molecule has 1 aromatic carbocycles. The van der Waals surface area contributed by atoms with Crippen molar-refractivity contribution in [2.45, 2.75) is 6.92 Å². The lowest BCUT2D eigenvalue weighted by atomic mass is 10.1. The maximum absolute atomic E-state index is 12.5. The second-order valence-electron chi connectivity index (χ2n) is 7.34. The lowest BCUT2D eigenvalue weighted by Gasteiger charge is -2.37. The van der Waals surface area contributed by atoms with Crippen LogP contribution in [0.25, 0.3) is 0 Å². The first-order valence-electron chi connectivity index (χ1n) is 9.76. The molecule has 0 saturated carbocycles. The number of hydrogen-bond donors (Lipinski definition) is 2. The Kier molecular flexibility index (Phi) is 7.01. The van der Waals surface area contributed by atoms with E-state index in [2.05, 4.69) is 10.2 Å². The molecule has 10 heteroatoms. The molecule has 1 aliphatic heterocycles. The zero-order valence-corrected chi connectivity index (χ0v) is 19.6. The van der Waals surface area contributed by atoms with Crippen LogP contribution in [0.1, 0.15) is 25.6 Å². The summed E-state index contributed by atoms with van der Waals surface area (Å²) in [7, 11) is 4.65. The molecule has 1 fully saturated rings. The second kappa shape index (κ2) is 9.52. The summed E-state index contributed by atoms with van der Waals surface area (Å²) in [6.07, 6.45) is 0. The number of carbonyl (C=O) groups is 2. The fourth-order valence-electron chi connectivity index (χ4n) is 3.41. The predicted octanol–water partition coefficient (Wildman–Crippen LogP) is 2.77. The Bertz CT molecular complexity index is 997. The summed E-state index contributed by atoms with van der Waals surface area (Å²) in [5, 5.41) is 14.2. The molecule has 0 radical (unpaired) electrons. The number of phenols is 1. The van der Waals surface area contributed by atoms with E-state index in [4.69, 9.17) is 17.0 Å². The molecule has 0 aliphatic carbocycles. The van der Waals surface area contributed by atoms with Crippen molar-refractivity contribution in [3.63, 3.8) is 0 Å². The number of thiocarbonyl (C=S) groups is 1. The van der Waals surface area contributed by atoms with E-state index in [1.54, 1.807) is 33.2 Å². The summed E-state index contributed by atoms with van der Waals surface area (Å²) in [5.41, 5.74) is 1.70. The Balaban J connectivity index is 1.75. The maximum atomic E-state index is 12.5. The smallest absolute Gasteiger partial charge is 0.341 e.